The molecule has 0 aliphatic rings. The number of benzene rings is 1. The predicted octanol–water partition coefficient (Wildman–Crippen LogP) is 2.36. The van der Waals surface area contributed by atoms with Crippen LogP contribution in [0.5, 0.6) is 0 Å². The fourth-order valence-corrected chi connectivity index (χ4v) is 3.70. The van der Waals surface area contributed by atoms with Gasteiger partial charge in [-0.15, -0.1) is 11.3 Å². The molecule has 2 rings (SSSR count). The van der Waals surface area contributed by atoms with Gasteiger partial charge >= 0.3 is 0 Å². The highest BCUT2D eigenvalue weighted by Gasteiger charge is 2.16. The third kappa shape index (κ3) is 3.56. The summed E-state index contributed by atoms with van der Waals surface area (Å²) in [6.45, 7) is 4.56. The Hall–Kier alpha value is -1.44. The number of anilines is 1. The van der Waals surface area contributed by atoms with Crippen LogP contribution in [-0.2, 0) is 16.6 Å². The number of thiazole rings is 1. The highest BCUT2D eigenvalue weighted by atomic mass is 32.2. The fourth-order valence-electron chi connectivity index (χ4n) is 1.77. The molecule has 0 saturated carbocycles. The molecule has 0 aliphatic heterocycles. The third-order valence-electron chi connectivity index (χ3n) is 2.61. The second-order valence-corrected chi connectivity index (χ2v) is 6.91. The minimum absolute atomic E-state index is 0.259. The number of hydrogen-bond donors (Lipinski definition) is 2. The van der Waals surface area contributed by atoms with E-state index >= 15 is 0 Å². The van der Waals surface area contributed by atoms with Gasteiger partial charge in [-0.2, -0.15) is 0 Å². The highest BCUT2D eigenvalue weighted by Crippen LogP contribution is 2.21. The lowest BCUT2D eigenvalue weighted by Crippen LogP contribution is -2.24. The van der Waals surface area contributed by atoms with Crippen LogP contribution in [0, 0.1) is 6.92 Å². The van der Waals surface area contributed by atoms with Crippen molar-refractivity contribution in [2.24, 2.45) is 0 Å². The first-order valence-corrected chi connectivity index (χ1v) is 8.63. The number of rotatable bonds is 6. The molecule has 0 atom stereocenters. The minimum atomic E-state index is -3.47. The van der Waals surface area contributed by atoms with Crippen molar-refractivity contribution in [1.82, 2.24) is 9.71 Å². The summed E-state index contributed by atoms with van der Waals surface area (Å²) >= 11 is 1.55. The van der Waals surface area contributed by atoms with E-state index in [0.29, 0.717) is 18.8 Å². The van der Waals surface area contributed by atoms with E-state index < -0.39 is 10.0 Å². The summed E-state index contributed by atoms with van der Waals surface area (Å²) in [4.78, 5) is 4.60. The Morgan fingerprint density at radius 3 is 2.70 bits per heavy atom. The van der Waals surface area contributed by atoms with E-state index in [1.165, 1.54) is 0 Å². The lowest BCUT2D eigenvalue weighted by molar-refractivity contribution is 0.584. The summed E-state index contributed by atoms with van der Waals surface area (Å²) in [5.41, 5.74) is 1.56. The van der Waals surface area contributed by atoms with E-state index in [1.807, 2.05) is 12.3 Å². The Balaban J connectivity index is 2.20. The normalized spacial score (nSPS) is 11.5. The van der Waals surface area contributed by atoms with Crippen LogP contribution in [0.1, 0.15) is 17.6 Å². The minimum Gasteiger partial charge on any atom is -0.377 e. The largest absolute Gasteiger partial charge is 0.377 e. The van der Waals surface area contributed by atoms with Gasteiger partial charge < -0.3 is 5.32 Å². The lowest BCUT2D eigenvalue weighted by Gasteiger charge is -2.11. The Morgan fingerprint density at radius 2 is 2.05 bits per heavy atom. The van der Waals surface area contributed by atoms with Gasteiger partial charge in [-0.05, 0) is 19.1 Å². The average molecular weight is 311 g/mol. The Labute approximate surface area is 123 Å². The van der Waals surface area contributed by atoms with E-state index in [2.05, 4.69) is 15.0 Å². The zero-order chi connectivity index (χ0) is 14.6. The van der Waals surface area contributed by atoms with E-state index in [-0.39, 0.29) is 4.90 Å². The molecule has 0 aliphatic carbocycles. The van der Waals surface area contributed by atoms with Crippen LogP contribution >= 0.6 is 11.3 Å². The first-order valence-electron chi connectivity index (χ1n) is 6.26. The SMILES string of the molecule is CCNS(=O)(=O)c1ccccc1NCc1nc(C)cs1. The van der Waals surface area contributed by atoms with Crippen LogP contribution in [0.4, 0.5) is 5.69 Å². The highest BCUT2D eigenvalue weighted by molar-refractivity contribution is 7.89. The summed E-state index contributed by atoms with van der Waals surface area (Å²) in [5, 5.41) is 6.04. The molecular weight excluding hydrogens is 294 g/mol. The summed E-state index contributed by atoms with van der Waals surface area (Å²) in [7, 11) is -3.47. The molecule has 0 spiro atoms. The van der Waals surface area contributed by atoms with E-state index in [9.17, 15) is 8.42 Å². The zero-order valence-corrected chi connectivity index (χ0v) is 13.0. The molecule has 1 heterocycles. The second kappa shape index (κ2) is 6.34. The molecule has 0 fully saturated rings. The van der Waals surface area contributed by atoms with Crippen molar-refractivity contribution >= 4 is 27.0 Å². The number of hydrogen-bond acceptors (Lipinski definition) is 5. The number of para-hydroxylation sites is 1. The summed E-state index contributed by atoms with van der Waals surface area (Å²) in [6.07, 6.45) is 0. The molecule has 0 saturated heterocycles. The Morgan fingerprint density at radius 1 is 1.30 bits per heavy atom. The molecule has 1 aromatic heterocycles. The fraction of sp³-hybridized carbons (Fsp3) is 0.308. The number of aromatic nitrogens is 1. The smallest absolute Gasteiger partial charge is 0.242 e. The molecule has 5 nitrogen and oxygen atoms in total. The van der Waals surface area contributed by atoms with Crippen molar-refractivity contribution < 1.29 is 8.42 Å². The molecule has 2 N–H and O–H groups in total. The Kier molecular flexibility index (Phi) is 4.74. The van der Waals surface area contributed by atoms with E-state index in [1.54, 1.807) is 42.5 Å². The van der Waals surface area contributed by atoms with Crippen molar-refractivity contribution in [3.05, 3.63) is 40.3 Å². The van der Waals surface area contributed by atoms with Crippen molar-refractivity contribution in [3.63, 3.8) is 0 Å². The van der Waals surface area contributed by atoms with Crippen molar-refractivity contribution in [2.45, 2.75) is 25.3 Å². The standard InChI is InChI=1S/C13H17N3O2S2/c1-3-15-20(17,18)12-7-5-4-6-11(12)14-8-13-16-10(2)9-19-13/h4-7,9,14-15H,3,8H2,1-2H3. The maximum atomic E-state index is 12.1. The summed E-state index contributed by atoms with van der Waals surface area (Å²) < 4.78 is 26.7. The Bertz CT molecular complexity index is 680. The maximum absolute atomic E-state index is 12.1. The molecule has 108 valence electrons. The van der Waals surface area contributed by atoms with Crippen molar-refractivity contribution in [3.8, 4) is 0 Å². The van der Waals surface area contributed by atoms with Crippen LogP contribution in [0.2, 0.25) is 0 Å². The molecule has 7 heteroatoms. The number of nitrogens with one attached hydrogen (secondary N) is 2. The molecule has 0 bridgehead atoms. The molecule has 2 aromatic rings. The molecule has 0 amide bonds. The predicted molar refractivity (Wildman–Crippen MR) is 81.5 cm³/mol. The van der Waals surface area contributed by atoms with Gasteiger partial charge in [0.1, 0.15) is 9.90 Å². The van der Waals surface area contributed by atoms with Crippen LogP contribution < -0.4 is 10.0 Å². The van der Waals surface area contributed by atoms with Gasteiger partial charge in [0.15, 0.2) is 0 Å². The number of nitrogens with zero attached hydrogens (tertiary/aromatic N) is 1. The van der Waals surface area contributed by atoms with Gasteiger partial charge in [-0.3, -0.25) is 0 Å². The quantitative estimate of drug-likeness (QED) is 0.859. The van der Waals surface area contributed by atoms with Gasteiger partial charge in [-0.1, -0.05) is 19.1 Å². The van der Waals surface area contributed by atoms with Gasteiger partial charge in [0.05, 0.1) is 12.2 Å². The first kappa shape index (κ1) is 15.0. The van der Waals surface area contributed by atoms with Crippen LogP contribution in [0.3, 0.4) is 0 Å². The molecule has 1 aromatic carbocycles. The van der Waals surface area contributed by atoms with Gasteiger partial charge in [0, 0.05) is 17.6 Å². The second-order valence-electron chi connectivity index (χ2n) is 4.23. The van der Waals surface area contributed by atoms with E-state index in [0.717, 1.165) is 10.7 Å². The molecular formula is C13H17N3O2S2. The monoisotopic (exact) mass is 311 g/mol. The van der Waals surface area contributed by atoms with Crippen LogP contribution in [-0.4, -0.2) is 19.9 Å². The zero-order valence-electron chi connectivity index (χ0n) is 11.4. The van der Waals surface area contributed by atoms with Crippen molar-refractivity contribution in [2.75, 3.05) is 11.9 Å². The van der Waals surface area contributed by atoms with Gasteiger partial charge in [-0.25, -0.2) is 18.1 Å². The molecule has 0 unspecified atom stereocenters. The summed E-state index contributed by atoms with van der Waals surface area (Å²) in [6, 6.07) is 6.86. The van der Waals surface area contributed by atoms with E-state index in [4.69, 9.17) is 0 Å². The van der Waals surface area contributed by atoms with Crippen molar-refractivity contribution in [1.29, 1.82) is 0 Å². The number of sulfonamides is 1. The molecule has 0 radical (unpaired) electrons. The third-order valence-corrected chi connectivity index (χ3v) is 5.18. The topological polar surface area (TPSA) is 71.1 Å². The average Bonchev–Trinajstić information content (AvgIpc) is 2.82. The molecule has 20 heavy (non-hydrogen) atoms. The van der Waals surface area contributed by atoms with Gasteiger partial charge in [0.25, 0.3) is 0 Å². The first-order chi connectivity index (χ1) is 9.53. The number of aryl methyl sites for hydroxylation is 1. The lowest BCUT2D eigenvalue weighted by atomic mass is 10.3. The van der Waals surface area contributed by atoms with Crippen LogP contribution in [0.25, 0.3) is 0 Å². The maximum Gasteiger partial charge on any atom is 0.242 e. The van der Waals surface area contributed by atoms with Gasteiger partial charge in [0.2, 0.25) is 10.0 Å². The summed E-state index contributed by atoms with van der Waals surface area (Å²) in [5.74, 6) is 0. The van der Waals surface area contributed by atoms with Crippen LogP contribution in [0.15, 0.2) is 34.5 Å².